The molecule has 0 aliphatic carbocycles. The number of fused-ring (bicyclic) bond motifs is 1. The van der Waals surface area contributed by atoms with Gasteiger partial charge in [0.25, 0.3) is 11.6 Å². The molecule has 0 spiro atoms. The first-order chi connectivity index (χ1) is 16.0. The van der Waals surface area contributed by atoms with Crippen molar-refractivity contribution in [1.82, 2.24) is 25.0 Å². The molecule has 0 radical (unpaired) electrons. The summed E-state index contributed by atoms with van der Waals surface area (Å²) in [4.78, 5) is 22.7. The number of aromatic nitrogens is 4. The number of rotatable bonds is 5. The van der Waals surface area contributed by atoms with E-state index in [1.54, 1.807) is 31.3 Å². The lowest BCUT2D eigenvalue weighted by molar-refractivity contribution is 0.0942. The quantitative estimate of drug-likeness (QED) is 0.396. The number of hydrogen-bond donors (Lipinski definition) is 1. The predicted molar refractivity (Wildman–Crippen MR) is 126 cm³/mol. The number of imidazole rings is 1. The average Bonchev–Trinajstić information content (AvgIpc) is 3.43. The molecule has 33 heavy (non-hydrogen) atoms. The molecule has 3 aromatic heterocycles. The molecular weight excluding hydrogens is 438 g/mol. The van der Waals surface area contributed by atoms with Crippen LogP contribution >= 0.6 is 11.6 Å². The van der Waals surface area contributed by atoms with Gasteiger partial charge in [-0.3, -0.25) is 4.79 Å². The second kappa shape index (κ2) is 8.52. The summed E-state index contributed by atoms with van der Waals surface area (Å²) in [5.41, 5.74) is 3.72. The third-order valence-corrected chi connectivity index (χ3v) is 5.78. The number of hydrogen-bond acceptors (Lipinski definition) is 5. The molecular formula is C25H20ClN5O2. The average molecular weight is 458 g/mol. The molecule has 1 atom stereocenters. The number of pyridine rings is 1. The van der Waals surface area contributed by atoms with Crippen LogP contribution in [-0.2, 0) is 7.05 Å². The lowest BCUT2D eigenvalue weighted by Gasteiger charge is -2.20. The predicted octanol–water partition coefficient (Wildman–Crippen LogP) is 5.10. The highest BCUT2D eigenvalue weighted by Crippen LogP contribution is 2.29. The minimum absolute atomic E-state index is 0.283. The van der Waals surface area contributed by atoms with E-state index in [-0.39, 0.29) is 5.91 Å². The van der Waals surface area contributed by atoms with E-state index in [1.165, 1.54) is 0 Å². The first-order valence-corrected chi connectivity index (χ1v) is 10.7. The molecule has 0 unspecified atom stereocenters. The Morgan fingerprint density at radius 2 is 1.88 bits per heavy atom. The van der Waals surface area contributed by atoms with E-state index >= 15 is 0 Å². The minimum Gasteiger partial charge on any atom is -0.338 e. The molecule has 7 nitrogen and oxygen atoms in total. The van der Waals surface area contributed by atoms with Crippen molar-refractivity contribution >= 4 is 28.6 Å². The van der Waals surface area contributed by atoms with Gasteiger partial charge >= 0.3 is 0 Å². The number of benzene rings is 2. The van der Waals surface area contributed by atoms with Crippen molar-refractivity contribution in [3.8, 4) is 11.3 Å². The highest BCUT2D eigenvalue weighted by atomic mass is 35.5. The summed E-state index contributed by atoms with van der Waals surface area (Å²) >= 11 is 6.09. The van der Waals surface area contributed by atoms with Crippen LogP contribution in [0, 0.1) is 6.92 Å². The van der Waals surface area contributed by atoms with Gasteiger partial charge in [0.15, 0.2) is 0 Å². The number of amides is 1. The molecule has 0 saturated heterocycles. The van der Waals surface area contributed by atoms with E-state index in [4.69, 9.17) is 16.1 Å². The Balaban J connectivity index is 1.60. The van der Waals surface area contributed by atoms with Gasteiger partial charge in [0.1, 0.15) is 11.9 Å². The van der Waals surface area contributed by atoms with Crippen molar-refractivity contribution in [1.29, 1.82) is 0 Å². The van der Waals surface area contributed by atoms with E-state index in [0.29, 0.717) is 38.9 Å². The van der Waals surface area contributed by atoms with Crippen LogP contribution in [0.2, 0.25) is 5.02 Å². The van der Waals surface area contributed by atoms with E-state index in [1.807, 2.05) is 60.3 Å². The van der Waals surface area contributed by atoms with Crippen LogP contribution in [0.5, 0.6) is 0 Å². The minimum atomic E-state index is -0.488. The van der Waals surface area contributed by atoms with Gasteiger partial charge < -0.3 is 14.4 Å². The molecule has 1 N–H and O–H groups in total. The molecule has 5 aromatic rings. The summed E-state index contributed by atoms with van der Waals surface area (Å²) < 4.78 is 7.30. The van der Waals surface area contributed by atoms with Gasteiger partial charge in [0.05, 0.1) is 22.3 Å². The standard InChI is InChI=1S/C25H20ClN5O2/c1-15-21-19(14-20(28-25(21)33-30-15)16-6-4-3-5-7-16)24(32)29-22(23-27-12-13-31(23)2)17-8-10-18(26)11-9-17/h3-14,22H,1-2H3,(H,29,32)/t22-/m0/s1. The van der Waals surface area contributed by atoms with Crippen molar-refractivity contribution in [2.75, 3.05) is 0 Å². The third-order valence-electron chi connectivity index (χ3n) is 5.53. The number of carbonyl (C=O) groups is 1. The largest absolute Gasteiger partial charge is 0.338 e. The first kappa shape index (κ1) is 20.9. The fraction of sp³-hybridized carbons (Fsp3) is 0.120. The summed E-state index contributed by atoms with van der Waals surface area (Å²) in [6, 6.07) is 18.3. The SMILES string of the molecule is Cc1noc2nc(-c3ccccc3)cc(C(=O)N[C@@H](c3ccc(Cl)cc3)c3nccn3C)c12. The Morgan fingerprint density at radius 3 is 2.58 bits per heavy atom. The Morgan fingerprint density at radius 1 is 1.12 bits per heavy atom. The van der Waals surface area contributed by atoms with Gasteiger partial charge in [-0.1, -0.05) is 59.2 Å². The topological polar surface area (TPSA) is 85.8 Å². The summed E-state index contributed by atoms with van der Waals surface area (Å²) in [5, 5.41) is 8.38. The van der Waals surface area contributed by atoms with Crippen molar-refractivity contribution < 1.29 is 9.32 Å². The zero-order valence-electron chi connectivity index (χ0n) is 18.0. The first-order valence-electron chi connectivity index (χ1n) is 10.4. The number of aryl methyl sites for hydroxylation is 2. The fourth-order valence-electron chi connectivity index (χ4n) is 3.85. The maximum atomic E-state index is 13.7. The normalized spacial score (nSPS) is 12.1. The van der Waals surface area contributed by atoms with Crippen molar-refractivity contribution in [2.24, 2.45) is 7.05 Å². The molecule has 164 valence electrons. The molecule has 3 heterocycles. The van der Waals surface area contributed by atoms with E-state index < -0.39 is 6.04 Å². The lowest BCUT2D eigenvalue weighted by Crippen LogP contribution is -2.31. The molecule has 0 bridgehead atoms. The molecule has 0 saturated carbocycles. The van der Waals surface area contributed by atoms with E-state index in [9.17, 15) is 4.79 Å². The molecule has 1 amide bonds. The van der Waals surface area contributed by atoms with Gasteiger partial charge in [0.2, 0.25) is 0 Å². The van der Waals surface area contributed by atoms with Gasteiger partial charge in [-0.15, -0.1) is 0 Å². The van der Waals surface area contributed by atoms with Crippen LogP contribution in [0.4, 0.5) is 0 Å². The number of nitrogens with zero attached hydrogens (tertiary/aromatic N) is 4. The molecule has 2 aromatic carbocycles. The van der Waals surface area contributed by atoms with Gasteiger partial charge in [0, 0.05) is 30.0 Å². The third kappa shape index (κ3) is 3.99. The fourth-order valence-corrected chi connectivity index (χ4v) is 3.97. The zero-order valence-corrected chi connectivity index (χ0v) is 18.7. The second-order valence-electron chi connectivity index (χ2n) is 7.72. The maximum Gasteiger partial charge on any atom is 0.259 e. The summed E-state index contributed by atoms with van der Waals surface area (Å²) in [6.45, 7) is 1.79. The smallest absolute Gasteiger partial charge is 0.259 e. The molecule has 8 heteroatoms. The van der Waals surface area contributed by atoms with E-state index in [0.717, 1.165) is 11.1 Å². The van der Waals surface area contributed by atoms with Crippen LogP contribution < -0.4 is 5.32 Å². The Kier molecular flexibility index (Phi) is 5.40. The Labute approximate surface area is 195 Å². The zero-order chi connectivity index (χ0) is 22.9. The Bertz CT molecular complexity index is 1440. The monoisotopic (exact) mass is 457 g/mol. The van der Waals surface area contributed by atoms with Gasteiger partial charge in [-0.05, 0) is 30.7 Å². The maximum absolute atomic E-state index is 13.7. The molecule has 0 aliphatic rings. The highest BCUT2D eigenvalue weighted by Gasteiger charge is 2.25. The van der Waals surface area contributed by atoms with Gasteiger partial charge in [-0.2, -0.15) is 0 Å². The lowest BCUT2D eigenvalue weighted by atomic mass is 10.0. The number of nitrogens with one attached hydrogen (secondary N) is 1. The van der Waals surface area contributed by atoms with Crippen LogP contribution in [-0.4, -0.2) is 25.6 Å². The number of halogens is 1. The highest BCUT2D eigenvalue weighted by molar-refractivity contribution is 6.30. The van der Waals surface area contributed by atoms with Crippen LogP contribution in [0.25, 0.3) is 22.4 Å². The van der Waals surface area contributed by atoms with Crippen molar-refractivity contribution in [2.45, 2.75) is 13.0 Å². The molecule has 0 aliphatic heterocycles. The number of carbonyl (C=O) groups excluding carboxylic acids is 1. The van der Waals surface area contributed by atoms with Crippen LogP contribution in [0.1, 0.15) is 33.5 Å². The van der Waals surface area contributed by atoms with Crippen molar-refractivity contribution in [3.63, 3.8) is 0 Å². The van der Waals surface area contributed by atoms with Crippen LogP contribution in [0.15, 0.2) is 77.6 Å². The van der Waals surface area contributed by atoms with Crippen LogP contribution in [0.3, 0.4) is 0 Å². The van der Waals surface area contributed by atoms with E-state index in [2.05, 4.69) is 20.4 Å². The summed E-state index contributed by atoms with van der Waals surface area (Å²) in [6.07, 6.45) is 3.54. The molecule has 0 fully saturated rings. The Hall–Kier alpha value is -3.97. The summed E-state index contributed by atoms with van der Waals surface area (Å²) in [5.74, 6) is 0.412. The summed E-state index contributed by atoms with van der Waals surface area (Å²) in [7, 11) is 1.89. The second-order valence-corrected chi connectivity index (χ2v) is 8.16. The molecule has 5 rings (SSSR count). The van der Waals surface area contributed by atoms with Crippen molar-refractivity contribution in [3.05, 3.63) is 101 Å². The van der Waals surface area contributed by atoms with Gasteiger partial charge in [-0.25, -0.2) is 9.97 Å².